The summed E-state index contributed by atoms with van der Waals surface area (Å²) >= 11 is 0. The summed E-state index contributed by atoms with van der Waals surface area (Å²) in [6.07, 6.45) is 78.9. The van der Waals surface area contributed by atoms with E-state index in [1.165, 1.54) is 321 Å². The third-order valence-electron chi connectivity index (χ3n) is 16.2. The highest BCUT2D eigenvalue weighted by atomic mass is 31.2. The van der Waals surface area contributed by atoms with Gasteiger partial charge in [0.25, 0.3) is 0 Å². The molecule has 0 heterocycles. The molecule has 2 atom stereocenters. The molecule has 3 N–H and O–H groups in total. The zero-order chi connectivity index (χ0) is 57.3. The standard InChI is InChI=1S/C69H136NO8P/c1-3-5-7-9-11-13-15-17-19-21-23-25-27-29-31-33-35-37-39-41-43-45-47-49-51-53-55-57-59-61-68(71)75-65-67(66-77-79(73,74)76-64-63-70)78-69(72)62-60-58-56-54-52-50-48-46-44-42-40-38-36-34-32-30-28-26-24-22-20-18-16-14-12-10-8-6-4-2/h22,24,67H,3-21,23,25-66,70H2,1-2H3,(H,73,74)/b24-22-. The summed E-state index contributed by atoms with van der Waals surface area (Å²) in [6, 6.07) is 0. The summed E-state index contributed by atoms with van der Waals surface area (Å²) in [5.41, 5.74) is 5.40. The van der Waals surface area contributed by atoms with Crippen molar-refractivity contribution in [2.45, 2.75) is 392 Å². The summed E-state index contributed by atoms with van der Waals surface area (Å²) in [6.45, 7) is 3.84. The van der Waals surface area contributed by atoms with E-state index in [9.17, 15) is 19.0 Å². The number of ether oxygens (including phenoxy) is 2. The van der Waals surface area contributed by atoms with Crippen LogP contribution in [0.25, 0.3) is 0 Å². The van der Waals surface area contributed by atoms with Gasteiger partial charge in [0, 0.05) is 19.4 Å². The summed E-state index contributed by atoms with van der Waals surface area (Å²) in [4.78, 5) is 35.3. The predicted octanol–water partition coefficient (Wildman–Crippen LogP) is 22.8. The Hall–Kier alpha value is -1.25. The first-order valence-corrected chi connectivity index (χ1v) is 36.7. The van der Waals surface area contributed by atoms with E-state index in [-0.39, 0.29) is 38.6 Å². The highest BCUT2D eigenvalue weighted by Gasteiger charge is 2.26. The van der Waals surface area contributed by atoms with E-state index in [0.717, 1.165) is 32.1 Å². The number of carbonyl (C=O) groups excluding carboxylic acids is 2. The molecule has 2 unspecified atom stereocenters. The van der Waals surface area contributed by atoms with Crippen LogP contribution in [0.3, 0.4) is 0 Å². The van der Waals surface area contributed by atoms with Crippen molar-refractivity contribution in [2.24, 2.45) is 5.73 Å². The topological polar surface area (TPSA) is 134 Å². The number of phosphoric ester groups is 1. The maximum Gasteiger partial charge on any atom is 0.472 e. The van der Waals surface area contributed by atoms with Gasteiger partial charge in [0.1, 0.15) is 6.61 Å². The smallest absolute Gasteiger partial charge is 0.462 e. The SMILES string of the molecule is CCCCCCCCCC/C=C\CCCCCCCCCCCCCCCCCCCC(=O)OC(COC(=O)CCCCCCCCCCCCCCCCCCCCCCCCCCCCCCC)COP(=O)(O)OCCN. The number of hydrogen-bond donors (Lipinski definition) is 2. The number of unbranched alkanes of at least 4 members (excludes halogenated alkanes) is 53. The van der Waals surface area contributed by atoms with Crippen molar-refractivity contribution in [1.82, 2.24) is 0 Å². The molecule has 0 saturated carbocycles. The van der Waals surface area contributed by atoms with Crippen molar-refractivity contribution >= 4 is 19.8 Å². The molecular weight excluding hydrogens is 1000 g/mol. The first kappa shape index (κ1) is 77.8. The van der Waals surface area contributed by atoms with Crippen molar-refractivity contribution in [3.63, 3.8) is 0 Å². The van der Waals surface area contributed by atoms with Gasteiger partial charge in [0.05, 0.1) is 13.2 Å². The van der Waals surface area contributed by atoms with Gasteiger partial charge >= 0.3 is 19.8 Å². The van der Waals surface area contributed by atoms with E-state index in [1.54, 1.807) is 0 Å². The molecule has 9 nitrogen and oxygen atoms in total. The normalized spacial score (nSPS) is 12.9. The van der Waals surface area contributed by atoms with Gasteiger partial charge in [-0.3, -0.25) is 18.6 Å². The summed E-state index contributed by atoms with van der Waals surface area (Å²) in [5, 5.41) is 0. The van der Waals surface area contributed by atoms with Crippen LogP contribution in [0.4, 0.5) is 0 Å². The van der Waals surface area contributed by atoms with E-state index in [4.69, 9.17) is 24.3 Å². The monoisotopic (exact) mass is 1140 g/mol. The minimum absolute atomic E-state index is 0.0577. The quantitative estimate of drug-likeness (QED) is 0.0264. The van der Waals surface area contributed by atoms with Gasteiger partial charge in [0.15, 0.2) is 6.10 Å². The van der Waals surface area contributed by atoms with Crippen molar-refractivity contribution in [2.75, 3.05) is 26.4 Å². The van der Waals surface area contributed by atoms with Gasteiger partial charge in [-0.2, -0.15) is 0 Å². The van der Waals surface area contributed by atoms with Crippen LogP contribution < -0.4 is 5.73 Å². The van der Waals surface area contributed by atoms with E-state index < -0.39 is 26.5 Å². The molecule has 0 aromatic heterocycles. The van der Waals surface area contributed by atoms with Gasteiger partial charge in [-0.05, 0) is 38.5 Å². The highest BCUT2D eigenvalue weighted by molar-refractivity contribution is 7.47. The van der Waals surface area contributed by atoms with Crippen molar-refractivity contribution in [3.05, 3.63) is 12.2 Å². The van der Waals surface area contributed by atoms with Crippen LogP contribution in [0.15, 0.2) is 12.2 Å². The third-order valence-corrected chi connectivity index (χ3v) is 17.1. The predicted molar refractivity (Wildman–Crippen MR) is 340 cm³/mol. The number of rotatable bonds is 68. The fourth-order valence-electron chi connectivity index (χ4n) is 10.9. The zero-order valence-electron chi connectivity index (χ0n) is 52.9. The molecule has 0 radical (unpaired) electrons. The summed E-state index contributed by atoms with van der Waals surface area (Å²) < 4.78 is 33.2. The Balaban J connectivity index is 3.81. The molecule has 0 aromatic carbocycles. The van der Waals surface area contributed by atoms with Crippen molar-refractivity contribution in [1.29, 1.82) is 0 Å². The lowest BCUT2D eigenvalue weighted by atomic mass is 10.0. The lowest BCUT2D eigenvalue weighted by molar-refractivity contribution is -0.161. The number of carbonyl (C=O) groups is 2. The highest BCUT2D eigenvalue weighted by Crippen LogP contribution is 2.43. The average Bonchev–Trinajstić information content (AvgIpc) is 3.44. The number of hydrogen-bond acceptors (Lipinski definition) is 8. The first-order chi connectivity index (χ1) is 38.8. The van der Waals surface area contributed by atoms with E-state index >= 15 is 0 Å². The Morgan fingerprint density at radius 3 is 0.899 bits per heavy atom. The third kappa shape index (κ3) is 65.8. The second kappa shape index (κ2) is 65.9. The van der Waals surface area contributed by atoms with E-state index in [0.29, 0.717) is 6.42 Å². The minimum Gasteiger partial charge on any atom is -0.462 e. The first-order valence-electron chi connectivity index (χ1n) is 35.2. The molecule has 0 rings (SSSR count). The molecule has 0 fully saturated rings. The fourth-order valence-corrected chi connectivity index (χ4v) is 11.7. The second-order valence-corrected chi connectivity index (χ2v) is 25.6. The van der Waals surface area contributed by atoms with Crippen molar-refractivity contribution < 1.29 is 37.6 Å². The van der Waals surface area contributed by atoms with Crippen molar-refractivity contribution in [3.8, 4) is 0 Å². The molecule has 0 bridgehead atoms. The molecule has 470 valence electrons. The molecule has 0 saturated heterocycles. The van der Waals surface area contributed by atoms with Crippen LogP contribution in [0.5, 0.6) is 0 Å². The Bertz CT molecular complexity index is 1300. The second-order valence-electron chi connectivity index (χ2n) is 24.1. The van der Waals surface area contributed by atoms with E-state index in [1.807, 2.05) is 0 Å². The van der Waals surface area contributed by atoms with Crippen LogP contribution in [-0.4, -0.2) is 49.3 Å². The van der Waals surface area contributed by atoms with Gasteiger partial charge in [-0.1, -0.05) is 347 Å². The number of esters is 2. The van der Waals surface area contributed by atoms with E-state index in [2.05, 4.69) is 26.0 Å². The lowest BCUT2D eigenvalue weighted by Gasteiger charge is -2.19. The molecule has 0 aliphatic heterocycles. The molecule has 0 aromatic rings. The maximum absolute atomic E-state index is 12.8. The van der Waals surface area contributed by atoms with Gasteiger partial charge in [0.2, 0.25) is 0 Å². The number of phosphoric acid groups is 1. The van der Waals surface area contributed by atoms with Gasteiger partial charge in [-0.25, -0.2) is 4.57 Å². The fraction of sp³-hybridized carbons (Fsp3) is 0.942. The molecule has 0 amide bonds. The minimum atomic E-state index is -4.39. The Kier molecular flexibility index (Phi) is 64.9. The maximum atomic E-state index is 12.8. The average molecular weight is 1140 g/mol. The Morgan fingerprint density at radius 2 is 0.620 bits per heavy atom. The van der Waals surface area contributed by atoms with Gasteiger partial charge in [-0.15, -0.1) is 0 Å². The van der Waals surface area contributed by atoms with Crippen LogP contribution >= 0.6 is 7.82 Å². The van der Waals surface area contributed by atoms with Gasteiger partial charge < -0.3 is 20.1 Å². The molecular formula is C69H136NO8P. The lowest BCUT2D eigenvalue weighted by Crippen LogP contribution is -2.29. The summed E-state index contributed by atoms with van der Waals surface area (Å²) in [5.74, 6) is -0.800. The van der Waals surface area contributed by atoms with Crippen LogP contribution in [0.1, 0.15) is 386 Å². The molecule has 0 aliphatic carbocycles. The number of nitrogens with two attached hydrogens (primary N) is 1. The Morgan fingerprint density at radius 1 is 0.367 bits per heavy atom. The summed E-state index contributed by atoms with van der Waals surface area (Å²) in [7, 11) is -4.39. The molecule has 10 heteroatoms. The molecule has 79 heavy (non-hydrogen) atoms. The number of allylic oxidation sites excluding steroid dienone is 2. The van der Waals surface area contributed by atoms with Crippen LogP contribution in [-0.2, 0) is 32.7 Å². The zero-order valence-corrected chi connectivity index (χ0v) is 53.8. The molecule has 0 spiro atoms. The molecule has 0 aliphatic rings. The van der Waals surface area contributed by atoms with Crippen LogP contribution in [0.2, 0.25) is 0 Å². The largest absolute Gasteiger partial charge is 0.472 e. The Labute approximate surface area is 491 Å². The van der Waals surface area contributed by atoms with Crippen LogP contribution in [0, 0.1) is 0 Å².